The zero-order chi connectivity index (χ0) is 19.5. The standard InChI is InChI=1S/C26H33N3.3ClH/c1-5-16-28(17-6-1)22-10-8-9-21(19-22)20-27-15-14-24-23-11-2-3-12-25(23)29-18-7-4-13-26(24)29;;;/h4,7-10,13,18-19,27H,1-3,5-6,11-12,14-17,20H2;3*1H. The Morgan fingerprint density at radius 2 is 1.62 bits per heavy atom. The molecule has 0 atom stereocenters. The van der Waals surface area contributed by atoms with Crippen LogP contribution in [0.15, 0.2) is 48.7 Å². The summed E-state index contributed by atoms with van der Waals surface area (Å²) in [6.45, 7) is 4.41. The van der Waals surface area contributed by atoms with Crippen LogP contribution in [-0.4, -0.2) is 24.0 Å². The van der Waals surface area contributed by atoms with Gasteiger partial charge in [-0.2, -0.15) is 0 Å². The molecular weight excluding hydrogens is 461 g/mol. The van der Waals surface area contributed by atoms with Gasteiger partial charge in [0.2, 0.25) is 0 Å². The highest BCUT2D eigenvalue weighted by Crippen LogP contribution is 2.30. The molecule has 32 heavy (non-hydrogen) atoms. The maximum atomic E-state index is 3.71. The Balaban J connectivity index is 0.00000121. The van der Waals surface area contributed by atoms with Gasteiger partial charge in [0.05, 0.1) is 0 Å². The average Bonchev–Trinajstić information content (AvgIpc) is 3.11. The van der Waals surface area contributed by atoms with Crippen molar-refractivity contribution < 1.29 is 0 Å². The minimum Gasteiger partial charge on any atom is -0.372 e. The minimum atomic E-state index is 0. The van der Waals surface area contributed by atoms with Crippen LogP contribution in [0.5, 0.6) is 0 Å². The summed E-state index contributed by atoms with van der Waals surface area (Å²) in [7, 11) is 0. The summed E-state index contributed by atoms with van der Waals surface area (Å²) in [6, 6.07) is 15.8. The lowest BCUT2D eigenvalue weighted by Crippen LogP contribution is -2.29. The number of pyridine rings is 1. The summed E-state index contributed by atoms with van der Waals surface area (Å²) in [5.41, 5.74) is 9.00. The highest BCUT2D eigenvalue weighted by atomic mass is 35.5. The van der Waals surface area contributed by atoms with Gasteiger partial charge < -0.3 is 14.6 Å². The van der Waals surface area contributed by atoms with E-state index in [1.54, 1.807) is 16.8 Å². The molecule has 176 valence electrons. The van der Waals surface area contributed by atoms with Crippen LogP contribution in [0.4, 0.5) is 5.69 Å². The van der Waals surface area contributed by atoms with Crippen LogP contribution in [0.1, 0.15) is 54.5 Å². The molecule has 0 radical (unpaired) electrons. The molecule has 3 aromatic rings. The number of aryl methyl sites for hydroxylation is 1. The molecule has 0 unspecified atom stereocenters. The molecule has 5 rings (SSSR count). The molecule has 0 amide bonds. The normalized spacial score (nSPS) is 15.3. The molecule has 1 aliphatic carbocycles. The van der Waals surface area contributed by atoms with Gasteiger partial charge in [0.15, 0.2) is 0 Å². The molecule has 1 saturated heterocycles. The van der Waals surface area contributed by atoms with Gasteiger partial charge >= 0.3 is 0 Å². The Labute approximate surface area is 211 Å². The second-order valence-corrected chi connectivity index (χ2v) is 8.71. The number of benzene rings is 1. The number of hydrogen-bond donors (Lipinski definition) is 1. The van der Waals surface area contributed by atoms with Crippen LogP contribution in [-0.2, 0) is 25.8 Å². The smallest absolute Gasteiger partial charge is 0.0488 e. The summed E-state index contributed by atoms with van der Waals surface area (Å²) in [6.07, 6.45) is 12.6. The van der Waals surface area contributed by atoms with E-state index in [1.807, 2.05) is 0 Å². The Morgan fingerprint density at radius 3 is 2.47 bits per heavy atom. The number of nitrogens with one attached hydrogen (secondary N) is 1. The molecular formula is C26H36Cl3N3. The molecule has 3 heterocycles. The Kier molecular flexibility index (Phi) is 10.7. The Bertz CT molecular complexity index is 980. The molecule has 3 nitrogen and oxygen atoms in total. The molecule has 1 aromatic carbocycles. The first-order chi connectivity index (χ1) is 14.4. The van der Waals surface area contributed by atoms with Crippen molar-refractivity contribution in [1.29, 1.82) is 0 Å². The van der Waals surface area contributed by atoms with Crippen molar-refractivity contribution in [3.05, 3.63) is 71.0 Å². The SMILES string of the molecule is Cl.Cl.Cl.c1cc(CNCCc2c3c(n4ccccc24)CCCC3)cc(N2CCCCC2)c1. The maximum Gasteiger partial charge on any atom is 0.0488 e. The number of piperidine rings is 1. The topological polar surface area (TPSA) is 19.7 Å². The second-order valence-electron chi connectivity index (χ2n) is 8.71. The quantitative estimate of drug-likeness (QED) is 0.398. The van der Waals surface area contributed by atoms with Crippen LogP contribution < -0.4 is 10.2 Å². The molecule has 0 saturated carbocycles. The molecule has 2 aromatic heterocycles. The number of halogens is 3. The lowest BCUT2D eigenvalue weighted by atomic mass is 9.93. The zero-order valence-corrected chi connectivity index (χ0v) is 21.2. The molecule has 0 spiro atoms. The van der Waals surface area contributed by atoms with E-state index in [2.05, 4.69) is 63.3 Å². The highest BCUT2D eigenvalue weighted by molar-refractivity contribution is 5.86. The van der Waals surface area contributed by atoms with E-state index < -0.39 is 0 Å². The van der Waals surface area contributed by atoms with Gasteiger partial charge in [-0.05, 0) is 98.9 Å². The van der Waals surface area contributed by atoms with E-state index in [0.29, 0.717) is 0 Å². The summed E-state index contributed by atoms with van der Waals surface area (Å²) in [4.78, 5) is 2.55. The van der Waals surface area contributed by atoms with Crippen LogP contribution >= 0.6 is 37.2 Å². The van der Waals surface area contributed by atoms with Crippen molar-refractivity contribution in [1.82, 2.24) is 9.72 Å². The summed E-state index contributed by atoms with van der Waals surface area (Å²) in [5, 5.41) is 3.71. The van der Waals surface area contributed by atoms with Crippen molar-refractivity contribution in [3.8, 4) is 0 Å². The lowest BCUT2D eigenvalue weighted by Gasteiger charge is -2.29. The third-order valence-corrected chi connectivity index (χ3v) is 6.78. The van der Waals surface area contributed by atoms with Crippen LogP contribution in [0.2, 0.25) is 0 Å². The van der Waals surface area contributed by atoms with Gasteiger partial charge in [0.25, 0.3) is 0 Å². The molecule has 1 aliphatic heterocycles. The Morgan fingerprint density at radius 1 is 0.812 bits per heavy atom. The van der Waals surface area contributed by atoms with Gasteiger partial charge in [-0.3, -0.25) is 0 Å². The van der Waals surface area contributed by atoms with Crippen LogP contribution in [0.25, 0.3) is 5.52 Å². The fourth-order valence-corrected chi connectivity index (χ4v) is 5.30. The van der Waals surface area contributed by atoms with E-state index >= 15 is 0 Å². The average molecular weight is 497 g/mol. The molecule has 0 bridgehead atoms. The van der Waals surface area contributed by atoms with Gasteiger partial charge in [-0.25, -0.2) is 0 Å². The molecule has 6 heteroatoms. The van der Waals surface area contributed by atoms with Crippen molar-refractivity contribution in [2.24, 2.45) is 0 Å². The van der Waals surface area contributed by atoms with Crippen molar-refractivity contribution >= 4 is 48.4 Å². The number of hydrogen-bond acceptors (Lipinski definition) is 2. The lowest BCUT2D eigenvalue weighted by molar-refractivity contribution is 0.577. The fourth-order valence-electron chi connectivity index (χ4n) is 5.30. The maximum absolute atomic E-state index is 3.71. The first-order valence-corrected chi connectivity index (χ1v) is 11.5. The summed E-state index contributed by atoms with van der Waals surface area (Å²) >= 11 is 0. The van der Waals surface area contributed by atoms with Crippen LogP contribution in [0, 0.1) is 0 Å². The summed E-state index contributed by atoms with van der Waals surface area (Å²) in [5.74, 6) is 0. The number of aromatic nitrogens is 1. The molecule has 1 N–H and O–H groups in total. The van der Waals surface area contributed by atoms with E-state index in [4.69, 9.17) is 0 Å². The molecule has 1 fully saturated rings. The third kappa shape index (κ3) is 5.75. The first kappa shape index (κ1) is 26.9. The third-order valence-electron chi connectivity index (χ3n) is 6.78. The van der Waals surface area contributed by atoms with Crippen molar-refractivity contribution in [2.45, 2.75) is 57.9 Å². The highest BCUT2D eigenvalue weighted by Gasteiger charge is 2.20. The number of nitrogens with zero attached hydrogens (tertiary/aromatic N) is 2. The van der Waals surface area contributed by atoms with E-state index in [0.717, 1.165) is 19.5 Å². The van der Waals surface area contributed by atoms with Gasteiger partial charge in [0, 0.05) is 42.7 Å². The first-order valence-electron chi connectivity index (χ1n) is 11.5. The number of fused-ring (bicyclic) bond motifs is 3. The predicted octanol–water partition coefficient (Wildman–Crippen LogP) is 6.41. The number of anilines is 1. The van der Waals surface area contributed by atoms with Gasteiger partial charge in [0.1, 0.15) is 0 Å². The van der Waals surface area contributed by atoms with E-state index in [9.17, 15) is 0 Å². The monoisotopic (exact) mass is 495 g/mol. The van der Waals surface area contributed by atoms with Gasteiger partial charge in [-0.15, -0.1) is 37.2 Å². The summed E-state index contributed by atoms with van der Waals surface area (Å²) < 4.78 is 2.45. The van der Waals surface area contributed by atoms with E-state index in [-0.39, 0.29) is 37.2 Å². The fraction of sp³-hybridized carbons (Fsp3) is 0.462. The zero-order valence-electron chi connectivity index (χ0n) is 18.7. The minimum absolute atomic E-state index is 0. The van der Waals surface area contributed by atoms with E-state index in [1.165, 1.54) is 74.8 Å². The molecule has 2 aliphatic rings. The number of rotatable bonds is 6. The van der Waals surface area contributed by atoms with Crippen molar-refractivity contribution in [2.75, 3.05) is 24.5 Å². The van der Waals surface area contributed by atoms with Crippen molar-refractivity contribution in [3.63, 3.8) is 0 Å². The second kappa shape index (κ2) is 12.7. The van der Waals surface area contributed by atoms with Crippen LogP contribution in [0.3, 0.4) is 0 Å². The van der Waals surface area contributed by atoms with Gasteiger partial charge in [-0.1, -0.05) is 18.2 Å². The Hall–Kier alpha value is -1.39. The largest absolute Gasteiger partial charge is 0.372 e. The predicted molar refractivity (Wildman–Crippen MR) is 144 cm³/mol.